The Labute approximate surface area is 118 Å². The highest BCUT2D eigenvalue weighted by Gasteiger charge is 2.30. The maximum Gasteiger partial charge on any atom is 0.416 e. The summed E-state index contributed by atoms with van der Waals surface area (Å²) >= 11 is 1.42. The van der Waals surface area contributed by atoms with E-state index in [0.29, 0.717) is 10.6 Å². The summed E-state index contributed by atoms with van der Waals surface area (Å²) < 4.78 is 37.4. The summed E-state index contributed by atoms with van der Waals surface area (Å²) in [5.41, 5.74) is 0.00961. The Kier molecular flexibility index (Phi) is 4.72. The van der Waals surface area contributed by atoms with Gasteiger partial charge in [-0.25, -0.2) is 0 Å². The molecule has 20 heavy (non-hydrogen) atoms. The molecule has 0 bridgehead atoms. The number of nitrogens with zero attached hydrogens (tertiary/aromatic N) is 2. The molecule has 1 aromatic carbocycles. The molecule has 2 aromatic rings. The molecule has 2 rings (SSSR count). The zero-order valence-electron chi connectivity index (χ0n) is 10.9. The summed E-state index contributed by atoms with van der Waals surface area (Å²) in [5.74, 6) is 0. The van der Waals surface area contributed by atoms with Gasteiger partial charge in [-0.2, -0.15) is 13.2 Å². The Balaban J connectivity index is 2.08. The number of aryl methyl sites for hydroxylation is 1. The number of alkyl halides is 3. The summed E-state index contributed by atoms with van der Waals surface area (Å²) in [6.07, 6.45) is -2.53. The van der Waals surface area contributed by atoms with Gasteiger partial charge in [0.25, 0.3) is 0 Å². The van der Waals surface area contributed by atoms with Crippen molar-refractivity contribution in [3.63, 3.8) is 0 Å². The number of rotatable bonds is 5. The third-order valence-corrected chi connectivity index (χ3v) is 3.78. The average Bonchev–Trinajstić information content (AvgIpc) is 2.87. The molecular weight excluding hydrogens is 287 g/mol. The van der Waals surface area contributed by atoms with Gasteiger partial charge in [0.2, 0.25) is 0 Å². The first kappa shape index (κ1) is 14.9. The van der Waals surface area contributed by atoms with Crippen molar-refractivity contribution in [3.05, 3.63) is 34.8 Å². The Morgan fingerprint density at radius 2 is 1.85 bits per heavy atom. The molecule has 0 amide bonds. The average molecular weight is 301 g/mol. The minimum atomic E-state index is -4.31. The highest BCUT2D eigenvalue weighted by Crippen LogP contribution is 2.31. The van der Waals surface area contributed by atoms with Crippen molar-refractivity contribution in [3.8, 4) is 10.6 Å². The number of halogens is 3. The van der Waals surface area contributed by atoms with E-state index >= 15 is 0 Å². The van der Waals surface area contributed by atoms with Crippen LogP contribution in [0.2, 0.25) is 0 Å². The maximum atomic E-state index is 12.5. The number of hydrogen-bond donors (Lipinski definition) is 1. The van der Waals surface area contributed by atoms with E-state index in [9.17, 15) is 13.2 Å². The fourth-order valence-electron chi connectivity index (χ4n) is 1.69. The Morgan fingerprint density at radius 1 is 1.15 bits per heavy atom. The van der Waals surface area contributed by atoms with Crippen LogP contribution in [0.5, 0.6) is 0 Å². The Bertz CT molecular complexity index is 549. The minimum Gasteiger partial charge on any atom is -0.320 e. The van der Waals surface area contributed by atoms with Crippen molar-refractivity contribution in [2.24, 2.45) is 0 Å². The van der Waals surface area contributed by atoms with E-state index in [0.717, 1.165) is 36.5 Å². The molecule has 1 aromatic heterocycles. The molecule has 108 valence electrons. The highest BCUT2D eigenvalue weighted by molar-refractivity contribution is 7.14. The fourth-order valence-corrected chi connectivity index (χ4v) is 2.58. The van der Waals surface area contributed by atoms with E-state index < -0.39 is 11.7 Å². The van der Waals surface area contributed by atoms with E-state index in [-0.39, 0.29) is 0 Å². The van der Waals surface area contributed by atoms with Crippen LogP contribution in [0.4, 0.5) is 13.2 Å². The van der Waals surface area contributed by atoms with Crippen molar-refractivity contribution in [1.82, 2.24) is 15.5 Å². The zero-order valence-corrected chi connectivity index (χ0v) is 11.7. The largest absolute Gasteiger partial charge is 0.416 e. The fraction of sp³-hybridized carbons (Fsp3) is 0.385. The van der Waals surface area contributed by atoms with Crippen LogP contribution in [-0.4, -0.2) is 23.8 Å². The first-order chi connectivity index (χ1) is 9.50. The van der Waals surface area contributed by atoms with Crippen LogP contribution < -0.4 is 5.32 Å². The first-order valence-electron chi connectivity index (χ1n) is 6.15. The van der Waals surface area contributed by atoms with Crippen molar-refractivity contribution in [1.29, 1.82) is 0 Å². The van der Waals surface area contributed by atoms with Crippen LogP contribution in [0.3, 0.4) is 0 Å². The number of aromatic nitrogens is 2. The Morgan fingerprint density at radius 3 is 2.45 bits per heavy atom. The lowest BCUT2D eigenvalue weighted by molar-refractivity contribution is -0.137. The second-order valence-electron chi connectivity index (χ2n) is 4.28. The lowest BCUT2D eigenvalue weighted by Crippen LogP contribution is -2.08. The van der Waals surface area contributed by atoms with Gasteiger partial charge in [0.05, 0.1) is 5.56 Å². The number of benzene rings is 1. The highest BCUT2D eigenvalue weighted by atomic mass is 32.1. The third kappa shape index (κ3) is 3.77. The van der Waals surface area contributed by atoms with Crippen LogP contribution in [0.25, 0.3) is 10.6 Å². The van der Waals surface area contributed by atoms with Gasteiger partial charge < -0.3 is 5.32 Å². The zero-order chi connectivity index (χ0) is 14.6. The van der Waals surface area contributed by atoms with Crippen LogP contribution in [0.1, 0.15) is 17.0 Å². The van der Waals surface area contributed by atoms with Crippen molar-refractivity contribution < 1.29 is 13.2 Å². The molecule has 0 radical (unpaired) electrons. The monoisotopic (exact) mass is 301 g/mol. The van der Waals surface area contributed by atoms with Crippen molar-refractivity contribution in [2.45, 2.75) is 19.0 Å². The molecule has 0 saturated heterocycles. The molecule has 0 aliphatic carbocycles. The van der Waals surface area contributed by atoms with Gasteiger partial charge in [0.1, 0.15) is 10.0 Å². The van der Waals surface area contributed by atoms with Gasteiger partial charge in [0.15, 0.2) is 0 Å². The predicted molar refractivity (Wildman–Crippen MR) is 72.6 cm³/mol. The lowest BCUT2D eigenvalue weighted by atomic mass is 10.1. The first-order valence-corrected chi connectivity index (χ1v) is 6.97. The summed E-state index contributed by atoms with van der Waals surface area (Å²) in [4.78, 5) is 0. The molecular formula is C13H14F3N3S. The number of nitrogens with one attached hydrogen (secondary N) is 1. The molecule has 0 fully saturated rings. The summed E-state index contributed by atoms with van der Waals surface area (Å²) in [5, 5.41) is 12.7. The third-order valence-electron chi connectivity index (χ3n) is 2.74. The molecule has 0 unspecified atom stereocenters. The molecule has 0 atom stereocenters. The molecule has 0 saturated carbocycles. The lowest BCUT2D eigenvalue weighted by Gasteiger charge is -2.06. The quantitative estimate of drug-likeness (QED) is 0.860. The minimum absolute atomic E-state index is 0.651. The predicted octanol–water partition coefficient (Wildman–Crippen LogP) is 3.38. The van der Waals surface area contributed by atoms with E-state index in [2.05, 4.69) is 15.5 Å². The van der Waals surface area contributed by atoms with Crippen LogP contribution in [0.15, 0.2) is 24.3 Å². The molecule has 1 N–H and O–H groups in total. The molecule has 3 nitrogen and oxygen atoms in total. The van der Waals surface area contributed by atoms with E-state index in [1.54, 1.807) is 0 Å². The smallest absolute Gasteiger partial charge is 0.320 e. The van der Waals surface area contributed by atoms with E-state index in [1.807, 2.05) is 7.05 Å². The SMILES string of the molecule is CNCCCc1nnc(-c2ccc(C(F)(F)F)cc2)s1. The van der Waals surface area contributed by atoms with Gasteiger partial charge in [0, 0.05) is 12.0 Å². The van der Waals surface area contributed by atoms with Crippen molar-refractivity contribution >= 4 is 11.3 Å². The molecule has 0 aliphatic heterocycles. The summed E-state index contributed by atoms with van der Waals surface area (Å²) in [7, 11) is 1.88. The Hall–Kier alpha value is -1.47. The van der Waals surface area contributed by atoms with Gasteiger partial charge in [-0.3, -0.25) is 0 Å². The molecule has 0 aliphatic rings. The molecule has 7 heteroatoms. The normalized spacial score (nSPS) is 11.8. The molecule has 0 spiro atoms. The summed E-state index contributed by atoms with van der Waals surface area (Å²) in [6, 6.07) is 5.00. The van der Waals surface area contributed by atoms with Gasteiger partial charge >= 0.3 is 6.18 Å². The van der Waals surface area contributed by atoms with E-state index in [4.69, 9.17) is 0 Å². The summed E-state index contributed by atoms with van der Waals surface area (Å²) in [6.45, 7) is 0.898. The van der Waals surface area contributed by atoms with Crippen molar-refractivity contribution in [2.75, 3.05) is 13.6 Å². The maximum absolute atomic E-state index is 12.5. The second kappa shape index (κ2) is 6.32. The van der Waals surface area contributed by atoms with Gasteiger partial charge in [-0.05, 0) is 32.1 Å². The van der Waals surface area contributed by atoms with Gasteiger partial charge in [-0.1, -0.05) is 23.5 Å². The van der Waals surface area contributed by atoms with Crippen LogP contribution in [0, 0.1) is 0 Å². The second-order valence-corrected chi connectivity index (χ2v) is 5.35. The van der Waals surface area contributed by atoms with E-state index in [1.165, 1.54) is 23.5 Å². The number of hydrogen-bond acceptors (Lipinski definition) is 4. The molecule has 1 heterocycles. The van der Waals surface area contributed by atoms with Gasteiger partial charge in [-0.15, -0.1) is 10.2 Å². The van der Waals surface area contributed by atoms with Crippen LogP contribution >= 0.6 is 11.3 Å². The topological polar surface area (TPSA) is 37.8 Å². The van der Waals surface area contributed by atoms with Crippen LogP contribution in [-0.2, 0) is 12.6 Å². The standard InChI is InChI=1S/C13H14F3N3S/c1-17-8-2-3-11-18-19-12(20-11)9-4-6-10(7-5-9)13(14,15)16/h4-7,17H,2-3,8H2,1H3.